The number of rotatable bonds is 8. The van der Waals surface area contributed by atoms with Gasteiger partial charge < -0.3 is 14.4 Å². The molecule has 0 aliphatic rings. The van der Waals surface area contributed by atoms with E-state index in [1.54, 1.807) is 18.1 Å². The van der Waals surface area contributed by atoms with Crippen molar-refractivity contribution in [2.24, 2.45) is 0 Å². The zero-order valence-corrected chi connectivity index (χ0v) is 14.3. The smallest absolute Gasteiger partial charge is 0.307 e. The Labute approximate surface area is 139 Å². The van der Waals surface area contributed by atoms with Crippen LogP contribution in [0.3, 0.4) is 0 Å². The number of methoxy groups -OCH3 is 2. The summed E-state index contributed by atoms with van der Waals surface area (Å²) in [6, 6.07) is 7.62. The predicted octanol–water partition coefficient (Wildman–Crippen LogP) is 2.50. The summed E-state index contributed by atoms with van der Waals surface area (Å²) in [5.41, 5.74) is 0.913. The minimum absolute atomic E-state index is 0.162. The van der Waals surface area contributed by atoms with Crippen LogP contribution in [0.25, 0.3) is 6.08 Å². The molecule has 0 bridgehead atoms. The number of ether oxygens (including phenoxy) is 2. The summed E-state index contributed by atoms with van der Waals surface area (Å²) in [5, 5.41) is 0. The maximum Gasteiger partial charge on any atom is 0.307 e. The number of carbonyl (C=O) groups is 2. The third-order valence-corrected chi connectivity index (χ3v) is 3.72. The van der Waals surface area contributed by atoms with Gasteiger partial charge in [0.25, 0.3) is 0 Å². The SMILES string of the molecule is COCCN(CCC(=O)OC)C(=O)/C=C/c1ccccc1Br. The van der Waals surface area contributed by atoms with E-state index >= 15 is 0 Å². The number of hydrogen-bond donors (Lipinski definition) is 0. The van der Waals surface area contributed by atoms with Gasteiger partial charge in [0.15, 0.2) is 0 Å². The molecule has 0 aliphatic heterocycles. The van der Waals surface area contributed by atoms with Crippen molar-refractivity contribution in [1.29, 1.82) is 0 Å². The second kappa shape index (κ2) is 10.1. The molecule has 1 rings (SSSR count). The highest BCUT2D eigenvalue weighted by Crippen LogP contribution is 2.17. The van der Waals surface area contributed by atoms with Gasteiger partial charge in [0.05, 0.1) is 20.1 Å². The van der Waals surface area contributed by atoms with Crippen LogP contribution in [-0.4, -0.2) is 50.7 Å². The quantitative estimate of drug-likeness (QED) is 0.521. The zero-order chi connectivity index (χ0) is 16.4. The van der Waals surface area contributed by atoms with Gasteiger partial charge in [0.1, 0.15) is 0 Å². The maximum absolute atomic E-state index is 12.3. The number of esters is 1. The first-order chi connectivity index (χ1) is 10.6. The number of carbonyl (C=O) groups excluding carboxylic acids is 2. The summed E-state index contributed by atoms with van der Waals surface area (Å²) < 4.78 is 10.5. The van der Waals surface area contributed by atoms with Crippen LogP contribution < -0.4 is 0 Å². The summed E-state index contributed by atoms with van der Waals surface area (Å²) in [6.45, 7) is 1.14. The molecule has 0 saturated carbocycles. The fraction of sp³-hybridized carbons (Fsp3) is 0.375. The standard InChI is InChI=1S/C16H20BrNO4/c1-21-12-11-18(10-9-16(20)22-2)15(19)8-7-13-5-3-4-6-14(13)17/h3-8H,9-12H2,1-2H3/b8-7+. The molecule has 6 heteroatoms. The molecule has 0 fully saturated rings. The number of halogens is 1. The van der Waals surface area contributed by atoms with Crippen LogP contribution in [-0.2, 0) is 19.1 Å². The van der Waals surface area contributed by atoms with E-state index in [1.165, 1.54) is 13.2 Å². The van der Waals surface area contributed by atoms with Gasteiger partial charge in [-0.3, -0.25) is 9.59 Å². The normalized spacial score (nSPS) is 10.7. The van der Waals surface area contributed by atoms with Crippen LogP contribution >= 0.6 is 15.9 Å². The molecule has 0 unspecified atom stereocenters. The van der Waals surface area contributed by atoms with Crippen LogP contribution in [0, 0.1) is 0 Å². The van der Waals surface area contributed by atoms with E-state index in [-0.39, 0.29) is 18.3 Å². The van der Waals surface area contributed by atoms with Crippen molar-refractivity contribution in [3.05, 3.63) is 40.4 Å². The Morgan fingerprint density at radius 3 is 2.59 bits per heavy atom. The van der Waals surface area contributed by atoms with Crippen LogP contribution in [0.1, 0.15) is 12.0 Å². The minimum Gasteiger partial charge on any atom is -0.469 e. The van der Waals surface area contributed by atoms with E-state index in [9.17, 15) is 9.59 Å². The van der Waals surface area contributed by atoms with Crippen LogP contribution in [0.5, 0.6) is 0 Å². The molecule has 0 atom stereocenters. The lowest BCUT2D eigenvalue weighted by atomic mass is 10.2. The van der Waals surface area contributed by atoms with E-state index in [0.717, 1.165) is 10.0 Å². The lowest BCUT2D eigenvalue weighted by Crippen LogP contribution is -2.34. The fourth-order valence-corrected chi connectivity index (χ4v) is 2.16. The molecule has 5 nitrogen and oxygen atoms in total. The Bertz CT molecular complexity index is 531. The topological polar surface area (TPSA) is 55.8 Å². The van der Waals surface area contributed by atoms with E-state index < -0.39 is 0 Å². The first kappa shape index (κ1) is 18.4. The second-order valence-corrected chi connectivity index (χ2v) is 5.35. The van der Waals surface area contributed by atoms with Crippen LogP contribution in [0.4, 0.5) is 0 Å². The molecule has 1 amide bonds. The van der Waals surface area contributed by atoms with Gasteiger partial charge in [-0.15, -0.1) is 0 Å². The maximum atomic E-state index is 12.3. The molecule has 0 N–H and O–H groups in total. The molecule has 0 heterocycles. The molecule has 0 aromatic heterocycles. The third kappa shape index (κ3) is 6.41. The monoisotopic (exact) mass is 369 g/mol. The van der Waals surface area contributed by atoms with Crippen molar-refractivity contribution in [1.82, 2.24) is 4.90 Å². The van der Waals surface area contributed by atoms with Gasteiger partial charge in [-0.05, 0) is 17.7 Å². The highest BCUT2D eigenvalue weighted by molar-refractivity contribution is 9.10. The average molecular weight is 370 g/mol. The second-order valence-electron chi connectivity index (χ2n) is 4.50. The van der Waals surface area contributed by atoms with Crippen molar-refractivity contribution in [2.45, 2.75) is 6.42 Å². The van der Waals surface area contributed by atoms with E-state index in [2.05, 4.69) is 20.7 Å². The average Bonchev–Trinajstić information content (AvgIpc) is 2.53. The van der Waals surface area contributed by atoms with Crippen LogP contribution in [0.2, 0.25) is 0 Å². The summed E-state index contributed by atoms with van der Waals surface area (Å²) >= 11 is 3.43. The molecule has 0 spiro atoms. The van der Waals surface area contributed by atoms with Gasteiger partial charge in [-0.25, -0.2) is 0 Å². The molecule has 0 aliphatic carbocycles. The van der Waals surface area contributed by atoms with Crippen LogP contribution in [0.15, 0.2) is 34.8 Å². The van der Waals surface area contributed by atoms with E-state index in [4.69, 9.17) is 4.74 Å². The minimum atomic E-state index is -0.343. The number of benzene rings is 1. The van der Waals surface area contributed by atoms with Gasteiger partial charge in [-0.2, -0.15) is 0 Å². The predicted molar refractivity (Wildman–Crippen MR) is 88.3 cm³/mol. The summed E-state index contributed by atoms with van der Waals surface area (Å²) in [5.74, 6) is -0.512. The lowest BCUT2D eigenvalue weighted by Gasteiger charge is -2.20. The van der Waals surface area contributed by atoms with Crippen molar-refractivity contribution < 1.29 is 19.1 Å². The van der Waals surface area contributed by atoms with Crippen molar-refractivity contribution in [2.75, 3.05) is 33.9 Å². The molecule has 0 saturated heterocycles. The number of nitrogens with zero attached hydrogens (tertiary/aromatic N) is 1. The molecule has 22 heavy (non-hydrogen) atoms. The van der Waals surface area contributed by atoms with Gasteiger partial charge in [0, 0.05) is 30.7 Å². The Balaban J connectivity index is 2.69. The van der Waals surface area contributed by atoms with Gasteiger partial charge in [0.2, 0.25) is 5.91 Å². The zero-order valence-electron chi connectivity index (χ0n) is 12.8. The van der Waals surface area contributed by atoms with Crippen molar-refractivity contribution in [3.63, 3.8) is 0 Å². The molecule has 1 aromatic carbocycles. The number of hydrogen-bond acceptors (Lipinski definition) is 4. The van der Waals surface area contributed by atoms with Crippen molar-refractivity contribution >= 4 is 33.9 Å². The Kier molecular flexibility index (Phi) is 8.47. The molecule has 0 radical (unpaired) electrons. The molecule has 1 aromatic rings. The van der Waals surface area contributed by atoms with E-state index in [1.807, 2.05) is 24.3 Å². The molecular formula is C16H20BrNO4. The third-order valence-electron chi connectivity index (χ3n) is 3.00. The van der Waals surface area contributed by atoms with Gasteiger partial charge in [-0.1, -0.05) is 34.1 Å². The summed E-state index contributed by atoms with van der Waals surface area (Å²) in [7, 11) is 2.90. The summed E-state index contributed by atoms with van der Waals surface area (Å²) in [6.07, 6.45) is 3.40. The first-order valence-electron chi connectivity index (χ1n) is 6.85. The summed E-state index contributed by atoms with van der Waals surface area (Å²) in [4.78, 5) is 25.0. The molecule has 120 valence electrons. The number of amides is 1. The lowest BCUT2D eigenvalue weighted by molar-refractivity contribution is -0.141. The first-order valence-corrected chi connectivity index (χ1v) is 7.65. The molecular weight excluding hydrogens is 350 g/mol. The highest BCUT2D eigenvalue weighted by atomic mass is 79.9. The fourth-order valence-electron chi connectivity index (χ4n) is 1.74. The van der Waals surface area contributed by atoms with Gasteiger partial charge >= 0.3 is 5.97 Å². The Morgan fingerprint density at radius 1 is 1.23 bits per heavy atom. The van der Waals surface area contributed by atoms with Crippen molar-refractivity contribution in [3.8, 4) is 0 Å². The Hall–Kier alpha value is -1.66. The highest BCUT2D eigenvalue weighted by Gasteiger charge is 2.12. The Morgan fingerprint density at radius 2 is 1.95 bits per heavy atom. The van der Waals surface area contributed by atoms with E-state index in [0.29, 0.717) is 19.7 Å². The largest absolute Gasteiger partial charge is 0.469 e.